The zero-order valence-electron chi connectivity index (χ0n) is 12.7. The molecule has 0 heterocycles. The molecule has 2 rings (SSSR count). The van der Waals surface area contributed by atoms with Crippen LogP contribution in [0.25, 0.3) is 10.9 Å². The van der Waals surface area contributed by atoms with Gasteiger partial charge in [0, 0.05) is 0 Å². The summed E-state index contributed by atoms with van der Waals surface area (Å²) in [4.78, 5) is 0. The van der Waals surface area contributed by atoms with Crippen LogP contribution in [0.2, 0.25) is 0 Å². The summed E-state index contributed by atoms with van der Waals surface area (Å²) in [6, 6.07) is 8.67. The third-order valence-corrected chi connectivity index (χ3v) is 3.36. The van der Waals surface area contributed by atoms with Gasteiger partial charge < -0.3 is 30.1 Å². The summed E-state index contributed by atoms with van der Waals surface area (Å²) in [5, 5.41) is 4.64. The zero-order chi connectivity index (χ0) is 12.8. The predicted octanol–water partition coefficient (Wildman–Crippen LogP) is -0.901. The van der Waals surface area contributed by atoms with Crippen LogP contribution in [0.4, 0.5) is 0 Å². The van der Waals surface area contributed by atoms with E-state index in [4.69, 9.17) is 0 Å². The second-order valence-electron chi connectivity index (χ2n) is 4.94. The summed E-state index contributed by atoms with van der Waals surface area (Å²) in [5.41, 5.74) is 5.56. The van der Waals surface area contributed by atoms with Gasteiger partial charge in [-0.25, -0.2) is 0 Å². The van der Waals surface area contributed by atoms with E-state index in [1.807, 2.05) is 0 Å². The van der Waals surface area contributed by atoms with E-state index in [0.29, 0.717) is 0 Å². The minimum absolute atomic E-state index is 0. The van der Waals surface area contributed by atoms with E-state index in [1.54, 1.807) is 0 Å². The summed E-state index contributed by atoms with van der Waals surface area (Å²) < 4.78 is 0. The summed E-state index contributed by atoms with van der Waals surface area (Å²) in [7, 11) is 0. The van der Waals surface area contributed by atoms with Crippen LogP contribution < -0.4 is 24.8 Å². The van der Waals surface area contributed by atoms with Gasteiger partial charge in [-0.05, 0) is 24.5 Å². The van der Waals surface area contributed by atoms with Gasteiger partial charge in [0.2, 0.25) is 0 Å². The predicted molar refractivity (Wildman–Crippen MR) is 79.6 cm³/mol. The molecule has 0 fully saturated rings. The van der Waals surface area contributed by atoms with Crippen LogP contribution in [-0.2, 0) is 28.3 Å². The maximum absolute atomic E-state index is 4.64. The largest absolute Gasteiger partial charge is 3.00 e. The van der Waals surface area contributed by atoms with E-state index >= 15 is 0 Å². The molecule has 1 nitrogen and oxygen atoms in total. The van der Waals surface area contributed by atoms with E-state index in [1.165, 1.54) is 35.1 Å². The fourth-order valence-electron chi connectivity index (χ4n) is 2.29. The van der Waals surface area contributed by atoms with Crippen LogP contribution in [-0.4, -0.2) is 6.54 Å². The van der Waals surface area contributed by atoms with Gasteiger partial charge in [0.25, 0.3) is 0 Å². The quantitative estimate of drug-likeness (QED) is 0.462. The molecule has 0 saturated carbocycles. The van der Waals surface area contributed by atoms with Crippen molar-refractivity contribution in [2.45, 2.75) is 39.7 Å². The van der Waals surface area contributed by atoms with Crippen molar-refractivity contribution in [3.8, 4) is 0 Å². The number of allylic oxidation sites excluding steroid dienone is 4. The van der Waals surface area contributed by atoms with Gasteiger partial charge >= 0.3 is 21.7 Å². The number of unbranched alkanes of at least 4 members (excludes halogenated alkanes) is 1. The van der Waals surface area contributed by atoms with Gasteiger partial charge in [0.1, 0.15) is 0 Å². The second kappa shape index (κ2) is 12.5. The summed E-state index contributed by atoms with van der Waals surface area (Å²) in [6.45, 7) is 6.22. The van der Waals surface area contributed by atoms with Crippen molar-refractivity contribution in [3.63, 3.8) is 0 Å². The molecule has 0 saturated heterocycles. The summed E-state index contributed by atoms with van der Waals surface area (Å²) in [6.07, 6.45) is 8.08. The maximum atomic E-state index is 4.64. The van der Waals surface area contributed by atoms with E-state index in [0.717, 1.165) is 19.5 Å². The number of hydrogen-bond acceptors (Lipinski definition) is 0. The molecule has 0 aromatic heterocycles. The first kappa shape index (κ1) is 23.2. The topological polar surface area (TPSA) is 14.1 Å². The smallest absolute Gasteiger partial charge is 1.00 e. The van der Waals surface area contributed by atoms with Crippen LogP contribution in [0.15, 0.2) is 42.0 Å². The molecule has 1 radical (unpaired) electrons. The first-order chi connectivity index (χ1) is 8.81. The van der Waals surface area contributed by atoms with Crippen LogP contribution in [0, 0.1) is 0 Å². The normalized spacial score (nSPS) is 12.5. The van der Waals surface area contributed by atoms with Crippen LogP contribution in [0.5, 0.6) is 0 Å². The van der Waals surface area contributed by atoms with Crippen molar-refractivity contribution in [1.82, 2.24) is 0 Å². The fourth-order valence-corrected chi connectivity index (χ4v) is 2.29. The third-order valence-electron chi connectivity index (χ3n) is 3.36. The molecule has 1 aromatic rings. The molecular formula is C17H22Cl2NTi. The molecule has 0 amide bonds. The summed E-state index contributed by atoms with van der Waals surface area (Å²) in [5.74, 6) is 0. The van der Waals surface area contributed by atoms with Crippen molar-refractivity contribution in [1.29, 1.82) is 0 Å². The Morgan fingerprint density at radius 2 is 1.86 bits per heavy atom. The van der Waals surface area contributed by atoms with Crippen LogP contribution in [0.1, 0.15) is 44.2 Å². The first-order valence-electron chi connectivity index (χ1n) is 6.90. The van der Waals surface area contributed by atoms with Crippen LogP contribution >= 0.6 is 0 Å². The molecular weight excluding hydrogens is 337 g/mol. The number of hydrogen-bond donors (Lipinski definition) is 0. The number of nitrogens with zero attached hydrogens (tertiary/aromatic N) is 1. The molecule has 0 atom stereocenters. The van der Waals surface area contributed by atoms with Crippen molar-refractivity contribution in [2.24, 2.45) is 0 Å². The Hall–Kier alpha value is -0.0457. The molecule has 113 valence electrons. The third kappa shape index (κ3) is 7.17. The minimum Gasteiger partial charge on any atom is -1.00 e. The fraction of sp³-hybridized carbons (Fsp3) is 0.412. The van der Waals surface area contributed by atoms with Crippen molar-refractivity contribution >= 4 is 5.57 Å². The average Bonchev–Trinajstić information content (AvgIpc) is 2.82. The zero-order valence-corrected chi connectivity index (χ0v) is 15.8. The Balaban J connectivity index is 0. The van der Waals surface area contributed by atoms with Crippen molar-refractivity contribution < 1.29 is 46.5 Å². The molecule has 21 heavy (non-hydrogen) atoms. The van der Waals surface area contributed by atoms with Gasteiger partial charge in [0.05, 0.1) is 0 Å². The molecule has 1 aliphatic rings. The number of rotatable bonds is 6. The number of benzene rings is 1. The molecule has 0 N–H and O–H groups in total. The monoisotopic (exact) mass is 358 g/mol. The van der Waals surface area contributed by atoms with Gasteiger partial charge in [0.15, 0.2) is 0 Å². The van der Waals surface area contributed by atoms with E-state index in [2.05, 4.69) is 55.6 Å². The number of halogens is 2. The van der Waals surface area contributed by atoms with Crippen molar-refractivity contribution in [2.75, 3.05) is 6.54 Å². The summed E-state index contributed by atoms with van der Waals surface area (Å²) >= 11 is 0. The Morgan fingerprint density at radius 3 is 2.48 bits per heavy atom. The molecule has 1 aliphatic carbocycles. The van der Waals surface area contributed by atoms with Gasteiger partial charge in [-0.3, -0.25) is 0 Å². The second-order valence-corrected chi connectivity index (χ2v) is 4.94. The van der Waals surface area contributed by atoms with Gasteiger partial charge in [-0.2, -0.15) is 0 Å². The standard InChI is InChI=1S/C17H22N.2ClH.Ti/c1-3-4-11-18-13-16-7-5-6-8-17(16)15-10-9-14(2)12-15;;;/h5-9,12H,3-4,10-11,13H2,1-2H3;2*1H;/q-1;;;+3/p-2. The Kier molecular flexibility index (Phi) is 13.8. The van der Waals surface area contributed by atoms with E-state index < -0.39 is 0 Å². The molecule has 0 bridgehead atoms. The van der Waals surface area contributed by atoms with Crippen LogP contribution in [0.3, 0.4) is 0 Å². The average molecular weight is 359 g/mol. The van der Waals surface area contributed by atoms with Crippen molar-refractivity contribution in [3.05, 3.63) is 58.4 Å². The first-order valence-corrected chi connectivity index (χ1v) is 6.90. The van der Waals surface area contributed by atoms with Gasteiger partial charge in [-0.15, -0.1) is 13.1 Å². The van der Waals surface area contributed by atoms with E-state index in [-0.39, 0.29) is 46.5 Å². The Labute approximate surface area is 156 Å². The van der Waals surface area contributed by atoms with Gasteiger partial charge in [-0.1, -0.05) is 67.3 Å². The maximum Gasteiger partial charge on any atom is 3.00 e. The Morgan fingerprint density at radius 1 is 1.14 bits per heavy atom. The molecule has 0 unspecified atom stereocenters. The minimum atomic E-state index is 0. The molecule has 0 spiro atoms. The SMILES string of the molecule is CCCC[N-]Cc1ccccc1C1=CC(C)=CC1.[Cl-].[Cl-].[Ti+3]. The molecule has 1 aromatic carbocycles. The van der Waals surface area contributed by atoms with E-state index in [9.17, 15) is 0 Å². The molecule has 0 aliphatic heterocycles. The Bertz CT molecular complexity index is 470. The molecule has 4 heteroatoms.